The van der Waals surface area contributed by atoms with Crippen LogP contribution in [-0.2, 0) is 15.4 Å². The van der Waals surface area contributed by atoms with Crippen molar-refractivity contribution in [2.45, 2.75) is 57.9 Å². The van der Waals surface area contributed by atoms with Crippen molar-refractivity contribution in [3.63, 3.8) is 0 Å². The Hall–Kier alpha value is -1.07. The van der Waals surface area contributed by atoms with E-state index in [1.165, 1.54) is 0 Å². The zero-order valence-corrected chi connectivity index (χ0v) is 14.2. The lowest BCUT2D eigenvalue weighted by Crippen LogP contribution is -2.31. The molecule has 0 bridgehead atoms. The number of nitrogens with one attached hydrogen (secondary N) is 1. The molecule has 0 fully saturated rings. The summed E-state index contributed by atoms with van der Waals surface area (Å²) in [6, 6.07) is 3.37. The largest absolute Gasteiger partial charge is 0.496 e. The molecule has 0 unspecified atom stereocenters. The minimum Gasteiger partial charge on any atom is -0.496 e. The van der Waals surface area contributed by atoms with Gasteiger partial charge >= 0.3 is 0 Å². The summed E-state index contributed by atoms with van der Waals surface area (Å²) in [6.07, 6.45) is 0. The molecule has 5 heteroatoms. The molecule has 0 spiro atoms. The van der Waals surface area contributed by atoms with Gasteiger partial charge in [-0.3, -0.25) is 0 Å². The van der Waals surface area contributed by atoms with Gasteiger partial charge in [-0.2, -0.15) is 0 Å². The van der Waals surface area contributed by atoms with E-state index in [4.69, 9.17) is 4.74 Å². The highest BCUT2D eigenvalue weighted by Gasteiger charge is 2.25. The van der Waals surface area contributed by atoms with Crippen LogP contribution in [0.1, 0.15) is 45.7 Å². The lowest BCUT2D eigenvalue weighted by atomic mass is 9.86. The number of rotatable bonds is 4. The monoisotopic (exact) mass is 299 g/mol. The van der Waals surface area contributed by atoms with Crippen LogP contribution in [0.3, 0.4) is 0 Å². The first kappa shape index (κ1) is 17.0. The molecule has 0 saturated carbocycles. The summed E-state index contributed by atoms with van der Waals surface area (Å²) in [4.78, 5) is 0.317. The molecule has 0 amide bonds. The molecule has 1 aromatic rings. The molecular weight excluding hydrogens is 274 g/mol. The second kappa shape index (κ2) is 5.74. The standard InChI is InChI=1S/C15H25NO3S/c1-10(2)16-20(17,18)14-9-12(15(4,5)6)13(19-7)8-11(14)3/h8-10,16H,1-7H3. The van der Waals surface area contributed by atoms with Gasteiger partial charge in [0.15, 0.2) is 0 Å². The van der Waals surface area contributed by atoms with E-state index in [9.17, 15) is 8.42 Å². The fourth-order valence-corrected chi connectivity index (χ4v) is 3.58. The Labute approximate surface area is 122 Å². The number of benzene rings is 1. The maximum Gasteiger partial charge on any atom is 0.241 e. The highest BCUT2D eigenvalue weighted by molar-refractivity contribution is 7.89. The van der Waals surface area contributed by atoms with E-state index in [-0.39, 0.29) is 11.5 Å². The van der Waals surface area contributed by atoms with Gasteiger partial charge < -0.3 is 4.74 Å². The smallest absolute Gasteiger partial charge is 0.241 e. The summed E-state index contributed by atoms with van der Waals surface area (Å²) in [5.74, 6) is 0.721. The number of methoxy groups -OCH3 is 1. The van der Waals surface area contributed by atoms with Crippen molar-refractivity contribution >= 4 is 10.0 Å². The van der Waals surface area contributed by atoms with Gasteiger partial charge in [-0.05, 0) is 43.9 Å². The predicted octanol–water partition coefficient (Wildman–Crippen LogP) is 2.99. The van der Waals surface area contributed by atoms with E-state index >= 15 is 0 Å². The summed E-state index contributed by atoms with van der Waals surface area (Å²) < 4.78 is 32.8. The molecule has 114 valence electrons. The van der Waals surface area contributed by atoms with E-state index in [0.29, 0.717) is 10.5 Å². The van der Waals surface area contributed by atoms with Gasteiger partial charge in [0.2, 0.25) is 10.0 Å². The van der Waals surface area contributed by atoms with E-state index in [1.54, 1.807) is 40.0 Å². The summed E-state index contributed by atoms with van der Waals surface area (Å²) in [5.41, 5.74) is 1.37. The van der Waals surface area contributed by atoms with Crippen molar-refractivity contribution in [2.24, 2.45) is 0 Å². The average molecular weight is 299 g/mol. The Morgan fingerprint density at radius 1 is 1.20 bits per heavy atom. The van der Waals surface area contributed by atoms with Crippen molar-refractivity contribution in [2.75, 3.05) is 7.11 Å². The fourth-order valence-electron chi connectivity index (χ4n) is 2.08. The first-order chi connectivity index (χ1) is 8.99. The van der Waals surface area contributed by atoms with Gasteiger partial charge in [0, 0.05) is 11.6 Å². The molecule has 0 saturated heterocycles. The molecule has 1 rings (SSSR count). The number of aryl methyl sites for hydroxylation is 1. The molecule has 1 aromatic carbocycles. The van der Waals surface area contributed by atoms with Gasteiger partial charge in [-0.25, -0.2) is 13.1 Å². The van der Waals surface area contributed by atoms with E-state index in [0.717, 1.165) is 11.3 Å². The molecule has 0 aliphatic rings. The molecule has 0 aromatic heterocycles. The third kappa shape index (κ3) is 3.73. The van der Waals surface area contributed by atoms with Crippen molar-refractivity contribution in [1.82, 2.24) is 4.72 Å². The first-order valence-electron chi connectivity index (χ1n) is 6.70. The quantitative estimate of drug-likeness (QED) is 0.930. The Balaban J connectivity index is 3.51. The summed E-state index contributed by atoms with van der Waals surface area (Å²) in [5, 5.41) is 0. The maximum atomic E-state index is 12.4. The number of hydrogen-bond donors (Lipinski definition) is 1. The molecule has 0 heterocycles. The number of sulfonamides is 1. The van der Waals surface area contributed by atoms with Crippen LogP contribution in [0.5, 0.6) is 5.75 Å². The Morgan fingerprint density at radius 3 is 2.15 bits per heavy atom. The SMILES string of the molecule is COc1cc(C)c(S(=O)(=O)NC(C)C)cc1C(C)(C)C. The third-order valence-electron chi connectivity index (χ3n) is 2.99. The lowest BCUT2D eigenvalue weighted by molar-refractivity contribution is 0.396. The summed E-state index contributed by atoms with van der Waals surface area (Å²) in [7, 11) is -1.90. The molecule has 0 atom stereocenters. The lowest BCUT2D eigenvalue weighted by Gasteiger charge is -2.24. The van der Waals surface area contributed by atoms with E-state index in [1.807, 2.05) is 20.8 Å². The molecule has 0 aliphatic carbocycles. The maximum absolute atomic E-state index is 12.4. The normalized spacial score (nSPS) is 12.8. The van der Waals surface area contributed by atoms with Gasteiger partial charge in [0.1, 0.15) is 5.75 Å². The highest BCUT2D eigenvalue weighted by Crippen LogP contribution is 2.35. The predicted molar refractivity (Wildman–Crippen MR) is 81.9 cm³/mol. The van der Waals surface area contributed by atoms with Gasteiger partial charge in [-0.1, -0.05) is 20.8 Å². The van der Waals surface area contributed by atoms with Gasteiger partial charge in [0.25, 0.3) is 0 Å². The molecule has 20 heavy (non-hydrogen) atoms. The molecule has 4 nitrogen and oxygen atoms in total. The topological polar surface area (TPSA) is 55.4 Å². The minimum absolute atomic E-state index is 0.139. The Bertz CT molecular complexity index is 584. The van der Waals surface area contributed by atoms with Crippen LogP contribution < -0.4 is 9.46 Å². The number of hydrogen-bond acceptors (Lipinski definition) is 3. The zero-order chi connectivity index (χ0) is 15.7. The van der Waals surface area contributed by atoms with Crippen LogP contribution in [-0.4, -0.2) is 21.6 Å². The molecular formula is C15H25NO3S. The van der Waals surface area contributed by atoms with Crippen LogP contribution in [0.2, 0.25) is 0 Å². The minimum atomic E-state index is -3.50. The average Bonchev–Trinajstić information content (AvgIpc) is 2.24. The second-order valence-electron chi connectivity index (χ2n) is 6.34. The van der Waals surface area contributed by atoms with Crippen LogP contribution >= 0.6 is 0 Å². The summed E-state index contributed by atoms with van der Waals surface area (Å²) in [6.45, 7) is 11.5. The first-order valence-corrected chi connectivity index (χ1v) is 8.19. The van der Waals surface area contributed by atoms with Crippen molar-refractivity contribution in [3.8, 4) is 5.75 Å². The molecule has 0 radical (unpaired) electrons. The van der Waals surface area contributed by atoms with E-state index in [2.05, 4.69) is 4.72 Å². The van der Waals surface area contributed by atoms with Crippen molar-refractivity contribution < 1.29 is 13.2 Å². The zero-order valence-electron chi connectivity index (χ0n) is 13.4. The second-order valence-corrected chi connectivity index (χ2v) is 8.03. The van der Waals surface area contributed by atoms with Crippen molar-refractivity contribution in [1.29, 1.82) is 0 Å². The summed E-state index contributed by atoms with van der Waals surface area (Å²) >= 11 is 0. The Kier molecular flexibility index (Phi) is 4.87. The fraction of sp³-hybridized carbons (Fsp3) is 0.600. The van der Waals surface area contributed by atoms with Crippen LogP contribution in [0.4, 0.5) is 0 Å². The van der Waals surface area contributed by atoms with Crippen LogP contribution in [0.15, 0.2) is 17.0 Å². The Morgan fingerprint density at radius 2 is 1.75 bits per heavy atom. The van der Waals surface area contributed by atoms with E-state index < -0.39 is 10.0 Å². The molecule has 0 aliphatic heterocycles. The highest BCUT2D eigenvalue weighted by atomic mass is 32.2. The van der Waals surface area contributed by atoms with Crippen LogP contribution in [0.25, 0.3) is 0 Å². The van der Waals surface area contributed by atoms with Crippen molar-refractivity contribution in [3.05, 3.63) is 23.3 Å². The molecule has 1 N–H and O–H groups in total. The number of ether oxygens (including phenoxy) is 1. The van der Waals surface area contributed by atoms with Crippen LogP contribution in [0, 0.1) is 6.92 Å². The van der Waals surface area contributed by atoms with Gasteiger partial charge in [-0.15, -0.1) is 0 Å². The van der Waals surface area contributed by atoms with Gasteiger partial charge in [0.05, 0.1) is 12.0 Å². The third-order valence-corrected chi connectivity index (χ3v) is 4.79.